The van der Waals surface area contributed by atoms with Crippen LogP contribution < -0.4 is 0 Å². The molecule has 1 N–H and O–H groups in total. The van der Waals surface area contributed by atoms with Gasteiger partial charge in [0.2, 0.25) is 0 Å². The first-order valence-electron chi connectivity index (χ1n) is 0.577. The van der Waals surface area contributed by atoms with Gasteiger partial charge in [-0.25, -0.2) is 6.58 Å². The van der Waals surface area contributed by atoms with E-state index in [1.54, 1.807) is 0 Å². The minimum absolute atomic E-state index is 0. The number of aliphatic hydroxyl groups is 1. The molecular formula is C2H3ORf-. The van der Waals surface area contributed by atoms with Crippen molar-refractivity contribution in [2.45, 2.75) is 0 Å². The van der Waals surface area contributed by atoms with Gasteiger partial charge in [-0.2, -0.15) is 0 Å². The Bertz CT molecular complexity index is 13.5. The summed E-state index contributed by atoms with van der Waals surface area (Å²) in [6.45, 7) is 2.79. The predicted octanol–water partition coefficient (Wildman–Crippen LogP) is 0.491. The summed E-state index contributed by atoms with van der Waals surface area (Å²) in [6, 6.07) is 0. The van der Waals surface area contributed by atoms with E-state index in [9.17, 15) is 0 Å². The molecule has 0 aliphatic heterocycles. The van der Waals surface area contributed by atoms with E-state index in [-0.39, 0.29) is 0 Å². The first-order chi connectivity index (χ1) is 1.41. The third-order valence-electron chi connectivity index (χ3n) is 0. The molecule has 0 aromatic rings. The van der Waals surface area contributed by atoms with Crippen LogP contribution in [0, 0.1) is 6.26 Å². The standard InChI is InChI=1S/C2H3O.Rf/c1-2-3;/h3H,1H2;/q-1;. The zero-order chi connectivity index (χ0) is 2.71. The Morgan fingerprint density at radius 1 is 1.75 bits per heavy atom. The summed E-state index contributed by atoms with van der Waals surface area (Å²) in [6.07, 6.45) is 1.50. The molecule has 0 bridgehead atoms. The zero-order valence-electron chi connectivity index (χ0n) is 2.36. The summed E-state index contributed by atoms with van der Waals surface area (Å²) in [5.41, 5.74) is 0. The second kappa shape index (κ2) is 2.12. The van der Waals surface area contributed by atoms with Gasteiger partial charge in [-0.15, -0.1) is 0 Å². The molecule has 0 amide bonds. The topological polar surface area (TPSA) is 20.2 Å². The van der Waals surface area contributed by atoms with Crippen molar-refractivity contribution < 1.29 is 5.11 Å². The first kappa shape index (κ1) is 20.7. The van der Waals surface area contributed by atoms with E-state index in [1.807, 2.05) is 0 Å². The molecule has 0 atom stereocenters. The van der Waals surface area contributed by atoms with E-state index in [2.05, 4.69) is 6.58 Å². The van der Waals surface area contributed by atoms with Gasteiger partial charge in [0, 0.05) is 0 Å². The van der Waals surface area contributed by atoms with Crippen LogP contribution in [0.4, 0.5) is 0 Å². The summed E-state index contributed by atoms with van der Waals surface area (Å²) in [7, 11) is 0. The molecule has 2 heteroatoms. The Morgan fingerprint density at radius 2 is 1.75 bits per heavy atom. The van der Waals surface area contributed by atoms with Crippen molar-refractivity contribution in [3.05, 3.63) is 12.8 Å². The van der Waals surface area contributed by atoms with Crippen molar-refractivity contribution >= 4 is 0 Å². The van der Waals surface area contributed by atoms with Crippen LogP contribution in [0.2, 0.25) is 0 Å². The molecule has 4 heavy (non-hydrogen) atoms. The Hall–Kier alpha value is -1.46. The van der Waals surface area contributed by atoms with Crippen LogP contribution in [0.3, 0.4) is 0 Å². The second-order valence-electron chi connectivity index (χ2n) is 0.158. The second-order valence-corrected chi connectivity index (χ2v) is 0.158. The van der Waals surface area contributed by atoms with Gasteiger partial charge in [0.05, 0.1) is 0 Å². The molecule has 0 spiro atoms. The van der Waals surface area contributed by atoms with E-state index < -0.39 is 0 Å². The van der Waals surface area contributed by atoms with Crippen LogP contribution in [-0.4, -0.2) is 5.11 Å². The van der Waals surface area contributed by atoms with Crippen LogP contribution in [0.1, 0.15) is 0 Å². The molecule has 0 aromatic heterocycles. The number of aliphatic hydroxyl groups excluding tert-OH is 1. The summed E-state index contributed by atoms with van der Waals surface area (Å²) < 4.78 is 0. The van der Waals surface area contributed by atoms with Gasteiger partial charge in [-0.1, -0.05) is 0 Å². The normalized spacial score (nSPS) is 3.00. The van der Waals surface area contributed by atoms with Gasteiger partial charge in [-0.3, -0.25) is 0 Å². The molecule has 1 nitrogen and oxygen atoms in total. The third kappa shape index (κ3) is 0.0536. The summed E-state index contributed by atoms with van der Waals surface area (Å²) in [4.78, 5) is 0. The number of hydrogen-bond donors (Lipinski definition) is 1. The quantitative estimate of drug-likeness (QED) is 0.510. The van der Waals surface area contributed by atoms with Crippen molar-refractivity contribution in [3.63, 3.8) is 0 Å². The molecule has 0 radical (unpaired) electrons. The first-order valence-corrected chi connectivity index (χ1v) is 0.577. The van der Waals surface area contributed by atoms with Crippen LogP contribution in [-0.2, 0) is 0 Å². The van der Waals surface area contributed by atoms with Gasteiger partial charge >= 0.3 is 0 Å². The maximum absolute atomic E-state index is 7.21. The van der Waals surface area contributed by atoms with Gasteiger partial charge in [0.1, 0.15) is 0 Å². The van der Waals surface area contributed by atoms with Crippen molar-refractivity contribution in [2.24, 2.45) is 0 Å². The van der Waals surface area contributed by atoms with E-state index >= 15 is 0 Å². The fourth-order valence-electron chi connectivity index (χ4n) is 0. The average molecular weight is 310 g/mol. The molecule has 0 fully saturated rings. The van der Waals surface area contributed by atoms with Crippen LogP contribution >= 0.6 is 0 Å². The Kier molecular flexibility index (Phi) is 11.0. The fourth-order valence-corrected chi connectivity index (χ4v) is 0. The molecule has 0 rings (SSSR count). The van der Waals surface area contributed by atoms with Gasteiger partial charge in [0.25, 0.3) is 0 Å². The Balaban J connectivity index is 0. The number of hydrogen-bond acceptors (Lipinski definition) is 1. The minimum Gasteiger partial charge on any atom is -0.706 e. The predicted molar refractivity (Wildman–Crippen MR) is 11.5 cm³/mol. The average Bonchev–Trinajstić information content (AvgIpc) is 0.918. The molecule has 0 saturated carbocycles. The molecule has 20 valence electrons. The maximum atomic E-state index is 7.21. The Labute approximate surface area is 19.2 Å². The minimum atomic E-state index is 0. The van der Waals surface area contributed by atoms with Crippen molar-refractivity contribution in [3.8, 4) is 0 Å². The SMILES string of the molecule is C=[C-]O.[Rf]. The van der Waals surface area contributed by atoms with Gasteiger partial charge in [0.15, 0.2) is 0 Å². The van der Waals surface area contributed by atoms with Gasteiger partial charge < -0.3 is 11.4 Å². The van der Waals surface area contributed by atoms with Crippen LogP contribution in [0.15, 0.2) is 6.58 Å². The molecule has 0 aromatic carbocycles. The van der Waals surface area contributed by atoms with E-state index in [4.69, 9.17) is 5.11 Å². The molecule has 0 aliphatic carbocycles. The zero-order valence-corrected chi connectivity index (χ0v) is 8.76. The molecule has 0 saturated heterocycles. The smallest absolute Gasteiger partial charge is 0 e. The van der Waals surface area contributed by atoms with E-state index in [0.717, 1.165) is 0 Å². The summed E-state index contributed by atoms with van der Waals surface area (Å²) in [5.74, 6) is 0. The van der Waals surface area contributed by atoms with E-state index in [1.165, 1.54) is 6.26 Å². The largest absolute Gasteiger partial charge is 0.706 e. The molecule has 0 aliphatic rings. The molecule has 0 unspecified atom stereocenters. The van der Waals surface area contributed by atoms with Crippen molar-refractivity contribution in [1.29, 1.82) is 0 Å². The maximum Gasteiger partial charge on any atom is 0 e. The van der Waals surface area contributed by atoms with Crippen molar-refractivity contribution in [1.82, 2.24) is 0 Å². The summed E-state index contributed by atoms with van der Waals surface area (Å²) in [5, 5.41) is 7.21. The Morgan fingerprint density at radius 3 is 1.75 bits per heavy atom. The van der Waals surface area contributed by atoms with E-state index in [0.29, 0.717) is 0 Å². The van der Waals surface area contributed by atoms with Crippen molar-refractivity contribution in [2.75, 3.05) is 0 Å². The van der Waals surface area contributed by atoms with Crippen LogP contribution in [0.25, 0.3) is 0 Å². The number of rotatable bonds is 0. The molecule has 0 heterocycles. The van der Waals surface area contributed by atoms with Gasteiger partial charge in [-0.05, 0) is 0 Å². The summed E-state index contributed by atoms with van der Waals surface area (Å²) >= 11 is 0. The third-order valence-corrected chi connectivity index (χ3v) is 0. The monoisotopic (exact) mass is 310 g/mol. The van der Waals surface area contributed by atoms with Crippen LogP contribution in [0.5, 0.6) is 0 Å². The molecular weight excluding hydrogens is 307 g/mol. The fraction of sp³-hybridized carbons (Fsp3) is 0.